The molecule has 1 heterocycles. The first-order valence-corrected chi connectivity index (χ1v) is 11.1. The zero-order valence-corrected chi connectivity index (χ0v) is 17.4. The number of rotatable bonds is 6. The van der Waals surface area contributed by atoms with Crippen LogP contribution in [-0.4, -0.2) is 29.4 Å². The first-order chi connectivity index (χ1) is 14.2. The van der Waals surface area contributed by atoms with E-state index in [1.54, 1.807) is 0 Å². The van der Waals surface area contributed by atoms with Gasteiger partial charge < -0.3 is 9.47 Å². The Kier molecular flexibility index (Phi) is 6.53. The molecule has 0 spiro atoms. The van der Waals surface area contributed by atoms with Crippen molar-refractivity contribution in [3.05, 3.63) is 35.9 Å². The second-order valence-corrected chi connectivity index (χ2v) is 8.62. The molecule has 4 rings (SSSR count). The summed E-state index contributed by atoms with van der Waals surface area (Å²) in [6.45, 7) is 0. The highest BCUT2D eigenvalue weighted by atomic mass is 16.5. The molecule has 2 fully saturated rings. The van der Waals surface area contributed by atoms with Crippen molar-refractivity contribution in [1.29, 1.82) is 0 Å². The lowest BCUT2D eigenvalue weighted by Crippen LogP contribution is -2.19. The molecule has 156 valence electrons. The molecule has 0 amide bonds. The van der Waals surface area contributed by atoms with E-state index in [1.165, 1.54) is 31.9 Å². The number of methoxy groups -OCH3 is 1. The highest BCUT2D eigenvalue weighted by molar-refractivity contribution is 5.69. The number of nitrogens with zero attached hydrogens (tertiary/aromatic N) is 1. The predicted molar refractivity (Wildman–Crippen MR) is 113 cm³/mol. The molecule has 2 aliphatic rings. The Morgan fingerprint density at radius 1 is 1.03 bits per heavy atom. The average Bonchev–Trinajstić information content (AvgIpc) is 3.23. The van der Waals surface area contributed by atoms with Gasteiger partial charge in [0.2, 0.25) is 5.88 Å². The smallest absolute Gasteiger partial charge is 0.305 e. The molecule has 1 N–H and O–H groups in total. The molecule has 2 aromatic rings. The van der Waals surface area contributed by atoms with Gasteiger partial charge in [-0.3, -0.25) is 9.89 Å². The van der Waals surface area contributed by atoms with E-state index < -0.39 is 0 Å². The summed E-state index contributed by atoms with van der Waals surface area (Å²) >= 11 is 0. The third-order valence-corrected chi connectivity index (χ3v) is 6.62. The Morgan fingerprint density at radius 3 is 2.45 bits per heavy atom. The Bertz CT molecular complexity index is 785. The van der Waals surface area contributed by atoms with Crippen LogP contribution in [0.1, 0.15) is 75.7 Å². The molecule has 5 heteroatoms. The number of aromatic amines is 1. The summed E-state index contributed by atoms with van der Waals surface area (Å²) in [6.07, 6.45) is 11.5. The van der Waals surface area contributed by atoms with Crippen LogP contribution in [0.15, 0.2) is 30.3 Å². The van der Waals surface area contributed by atoms with Gasteiger partial charge in [0, 0.05) is 12.5 Å². The molecule has 0 atom stereocenters. The summed E-state index contributed by atoms with van der Waals surface area (Å²) in [5.74, 6) is 1.69. The van der Waals surface area contributed by atoms with E-state index in [0.29, 0.717) is 30.2 Å². The molecular weight excluding hydrogens is 364 g/mol. The number of hydrogen-bond donors (Lipinski definition) is 1. The second-order valence-electron chi connectivity index (χ2n) is 8.62. The number of aromatic nitrogens is 2. The fraction of sp³-hybridized carbons (Fsp3) is 0.583. The third kappa shape index (κ3) is 5.20. The molecule has 0 bridgehead atoms. The first kappa shape index (κ1) is 20.0. The maximum absolute atomic E-state index is 11.5. The van der Waals surface area contributed by atoms with Gasteiger partial charge in [-0.15, -0.1) is 5.10 Å². The van der Waals surface area contributed by atoms with Crippen LogP contribution in [0.3, 0.4) is 0 Å². The predicted octanol–water partition coefficient (Wildman–Crippen LogP) is 5.63. The van der Waals surface area contributed by atoms with Gasteiger partial charge in [0.15, 0.2) is 0 Å². The Balaban J connectivity index is 1.32. The highest BCUT2D eigenvalue weighted by Gasteiger charge is 2.24. The maximum atomic E-state index is 11.5. The maximum Gasteiger partial charge on any atom is 0.305 e. The van der Waals surface area contributed by atoms with Crippen LogP contribution in [-0.2, 0) is 9.53 Å². The second kappa shape index (κ2) is 9.47. The van der Waals surface area contributed by atoms with Crippen molar-refractivity contribution in [2.75, 3.05) is 7.11 Å². The van der Waals surface area contributed by atoms with Gasteiger partial charge in [0.25, 0.3) is 0 Å². The summed E-state index contributed by atoms with van der Waals surface area (Å²) in [7, 11) is 1.47. The Labute approximate surface area is 173 Å². The quantitative estimate of drug-likeness (QED) is 0.643. The zero-order chi connectivity index (χ0) is 20.1. The number of H-pyrrole nitrogens is 1. The number of hydrogen-bond acceptors (Lipinski definition) is 4. The molecule has 0 aliphatic heterocycles. The van der Waals surface area contributed by atoms with E-state index >= 15 is 0 Å². The number of ether oxygens (including phenoxy) is 2. The minimum Gasteiger partial charge on any atom is -0.473 e. The number of carbonyl (C=O) groups excluding carboxylic acids is 1. The van der Waals surface area contributed by atoms with Crippen LogP contribution in [0.4, 0.5) is 0 Å². The summed E-state index contributed by atoms with van der Waals surface area (Å²) in [6, 6.07) is 10.8. The van der Waals surface area contributed by atoms with Gasteiger partial charge in [-0.25, -0.2) is 0 Å². The number of carbonyl (C=O) groups is 1. The van der Waals surface area contributed by atoms with Crippen molar-refractivity contribution < 1.29 is 14.3 Å². The van der Waals surface area contributed by atoms with Gasteiger partial charge in [-0.1, -0.05) is 30.7 Å². The fourth-order valence-corrected chi connectivity index (χ4v) is 4.82. The lowest BCUT2D eigenvalue weighted by Gasteiger charge is -2.28. The van der Waals surface area contributed by atoms with Crippen LogP contribution in [0.2, 0.25) is 0 Å². The van der Waals surface area contributed by atoms with Crippen LogP contribution < -0.4 is 4.74 Å². The van der Waals surface area contributed by atoms with Crippen molar-refractivity contribution in [3.8, 4) is 17.1 Å². The van der Waals surface area contributed by atoms with Crippen LogP contribution in [0, 0.1) is 5.92 Å². The van der Waals surface area contributed by atoms with E-state index in [0.717, 1.165) is 49.8 Å². The van der Waals surface area contributed by atoms with Crippen molar-refractivity contribution in [3.63, 3.8) is 0 Å². The SMILES string of the molecule is COC(=O)CC1CCC(c2ccc(-c3cc(OC4CCCCC4)n[nH]3)cc2)CC1. The van der Waals surface area contributed by atoms with Crippen molar-refractivity contribution in [2.45, 2.75) is 76.2 Å². The summed E-state index contributed by atoms with van der Waals surface area (Å²) in [5, 5.41) is 7.47. The molecule has 2 aliphatic carbocycles. The minimum atomic E-state index is -0.0794. The molecule has 0 unspecified atom stereocenters. The normalized spacial score (nSPS) is 22.9. The van der Waals surface area contributed by atoms with Crippen molar-refractivity contribution >= 4 is 5.97 Å². The monoisotopic (exact) mass is 396 g/mol. The van der Waals surface area contributed by atoms with Gasteiger partial charge in [0.1, 0.15) is 6.10 Å². The topological polar surface area (TPSA) is 64.2 Å². The van der Waals surface area contributed by atoms with Gasteiger partial charge in [-0.2, -0.15) is 0 Å². The largest absolute Gasteiger partial charge is 0.473 e. The van der Waals surface area contributed by atoms with E-state index in [1.807, 2.05) is 6.07 Å². The molecule has 29 heavy (non-hydrogen) atoms. The van der Waals surface area contributed by atoms with E-state index in [-0.39, 0.29) is 5.97 Å². The minimum absolute atomic E-state index is 0.0794. The molecule has 1 aromatic heterocycles. The molecule has 1 aromatic carbocycles. The molecular formula is C24H32N2O3. The van der Waals surface area contributed by atoms with Crippen LogP contribution >= 0.6 is 0 Å². The summed E-state index contributed by atoms with van der Waals surface area (Å²) in [4.78, 5) is 11.5. The molecule has 0 saturated heterocycles. The Hall–Kier alpha value is -2.30. The summed E-state index contributed by atoms with van der Waals surface area (Å²) < 4.78 is 10.9. The van der Waals surface area contributed by atoms with Gasteiger partial charge in [0.05, 0.1) is 12.8 Å². The Morgan fingerprint density at radius 2 is 1.76 bits per heavy atom. The third-order valence-electron chi connectivity index (χ3n) is 6.62. The lowest BCUT2D eigenvalue weighted by atomic mass is 9.77. The highest BCUT2D eigenvalue weighted by Crippen LogP contribution is 2.37. The molecule has 2 saturated carbocycles. The van der Waals surface area contributed by atoms with Crippen molar-refractivity contribution in [2.24, 2.45) is 5.92 Å². The van der Waals surface area contributed by atoms with Gasteiger partial charge in [-0.05, 0) is 74.3 Å². The number of nitrogens with one attached hydrogen (secondary N) is 1. The van der Waals surface area contributed by atoms with Crippen LogP contribution in [0.5, 0.6) is 5.88 Å². The lowest BCUT2D eigenvalue weighted by molar-refractivity contribution is -0.142. The average molecular weight is 397 g/mol. The number of esters is 1. The fourth-order valence-electron chi connectivity index (χ4n) is 4.82. The molecule has 5 nitrogen and oxygen atoms in total. The van der Waals surface area contributed by atoms with Crippen LogP contribution in [0.25, 0.3) is 11.3 Å². The standard InChI is InChI=1S/C24H32N2O3/c1-28-24(27)15-17-7-9-18(10-8-17)19-11-13-20(14-12-19)22-16-23(26-25-22)29-21-5-3-2-4-6-21/h11-14,16-18,21H,2-10,15H2,1H3,(H,25,26). The number of benzene rings is 1. The molecule has 0 radical (unpaired) electrons. The zero-order valence-electron chi connectivity index (χ0n) is 17.4. The van der Waals surface area contributed by atoms with E-state index in [2.05, 4.69) is 34.5 Å². The first-order valence-electron chi connectivity index (χ1n) is 11.1. The van der Waals surface area contributed by atoms with E-state index in [4.69, 9.17) is 9.47 Å². The van der Waals surface area contributed by atoms with Crippen molar-refractivity contribution in [1.82, 2.24) is 10.2 Å². The van der Waals surface area contributed by atoms with E-state index in [9.17, 15) is 4.79 Å². The summed E-state index contributed by atoms with van der Waals surface area (Å²) in [5.41, 5.74) is 3.53. The van der Waals surface area contributed by atoms with Gasteiger partial charge >= 0.3 is 5.97 Å².